The maximum Gasteiger partial charge on any atom is 0.338 e. The zero-order chi connectivity index (χ0) is 10.9. The average Bonchev–Trinajstić information content (AvgIpc) is 2.07. The van der Waals surface area contributed by atoms with Gasteiger partial charge in [0.05, 0.1) is 5.56 Å². The molecule has 0 saturated carbocycles. The third-order valence-electron chi connectivity index (χ3n) is 1.60. The summed E-state index contributed by atoms with van der Waals surface area (Å²) in [5, 5.41) is 8.58. The number of carboxylic acids is 1. The molecule has 6 heteroatoms. The van der Waals surface area contributed by atoms with E-state index >= 15 is 0 Å². The summed E-state index contributed by atoms with van der Waals surface area (Å²) in [7, 11) is 0. The molecular weight excluding hydrogens is 211 g/mol. The van der Waals surface area contributed by atoms with E-state index in [1.165, 1.54) is 6.92 Å². The SMILES string of the molecule is Cc1cc(C(=O)O)c(F)c(S(=O)O)c1. The second kappa shape index (κ2) is 3.85. The van der Waals surface area contributed by atoms with E-state index in [0.29, 0.717) is 5.56 Å². The molecule has 76 valence electrons. The van der Waals surface area contributed by atoms with Crippen LogP contribution in [-0.4, -0.2) is 19.8 Å². The third kappa shape index (κ3) is 1.97. The van der Waals surface area contributed by atoms with Crippen LogP contribution in [0, 0.1) is 12.7 Å². The molecule has 1 aromatic rings. The normalized spacial score (nSPS) is 12.5. The Labute approximate surface area is 81.7 Å². The Balaban J connectivity index is 3.47. The van der Waals surface area contributed by atoms with E-state index in [1.807, 2.05) is 0 Å². The van der Waals surface area contributed by atoms with Gasteiger partial charge in [0.1, 0.15) is 4.90 Å². The number of hydrogen-bond acceptors (Lipinski definition) is 2. The quantitative estimate of drug-likeness (QED) is 0.736. The van der Waals surface area contributed by atoms with Crippen molar-refractivity contribution < 1.29 is 23.1 Å². The molecule has 0 spiro atoms. The lowest BCUT2D eigenvalue weighted by Crippen LogP contribution is -2.05. The maximum atomic E-state index is 13.2. The van der Waals surface area contributed by atoms with E-state index in [0.717, 1.165) is 12.1 Å². The van der Waals surface area contributed by atoms with E-state index in [-0.39, 0.29) is 0 Å². The van der Waals surface area contributed by atoms with Crippen LogP contribution in [0.1, 0.15) is 15.9 Å². The van der Waals surface area contributed by atoms with Crippen molar-refractivity contribution in [3.63, 3.8) is 0 Å². The predicted octanol–water partition coefficient (Wildman–Crippen LogP) is 1.41. The summed E-state index contributed by atoms with van der Waals surface area (Å²) in [6.45, 7) is 1.52. The van der Waals surface area contributed by atoms with Gasteiger partial charge in [0.2, 0.25) is 0 Å². The van der Waals surface area contributed by atoms with Crippen LogP contribution >= 0.6 is 0 Å². The molecule has 0 radical (unpaired) electrons. The molecule has 0 fully saturated rings. The van der Waals surface area contributed by atoms with Gasteiger partial charge >= 0.3 is 5.97 Å². The first-order chi connectivity index (χ1) is 6.43. The van der Waals surface area contributed by atoms with Gasteiger partial charge in [-0.3, -0.25) is 0 Å². The van der Waals surface area contributed by atoms with Crippen molar-refractivity contribution in [2.75, 3.05) is 0 Å². The second-order valence-electron chi connectivity index (χ2n) is 2.68. The minimum Gasteiger partial charge on any atom is -0.478 e. The number of halogens is 1. The molecule has 4 nitrogen and oxygen atoms in total. The van der Waals surface area contributed by atoms with Gasteiger partial charge in [-0.25, -0.2) is 13.4 Å². The number of carbonyl (C=O) groups is 1. The second-order valence-corrected chi connectivity index (χ2v) is 3.62. The first kappa shape index (κ1) is 10.8. The van der Waals surface area contributed by atoms with Crippen LogP contribution in [0.2, 0.25) is 0 Å². The van der Waals surface area contributed by atoms with Gasteiger partial charge in [0, 0.05) is 0 Å². The van der Waals surface area contributed by atoms with Crippen LogP contribution in [0.3, 0.4) is 0 Å². The summed E-state index contributed by atoms with van der Waals surface area (Å²) in [6.07, 6.45) is 0. The van der Waals surface area contributed by atoms with Gasteiger partial charge in [-0.2, -0.15) is 0 Å². The lowest BCUT2D eigenvalue weighted by atomic mass is 10.1. The molecule has 1 atom stereocenters. The minimum atomic E-state index is -2.52. The molecule has 0 heterocycles. The van der Waals surface area contributed by atoms with E-state index < -0.39 is 33.3 Å². The molecule has 0 aliphatic carbocycles. The van der Waals surface area contributed by atoms with Crippen molar-refractivity contribution in [1.82, 2.24) is 0 Å². The minimum absolute atomic E-state index is 0.418. The molecule has 0 saturated heterocycles. The molecule has 1 unspecified atom stereocenters. The number of rotatable bonds is 2. The predicted molar refractivity (Wildman–Crippen MR) is 47.1 cm³/mol. The molecule has 0 aromatic heterocycles. The highest BCUT2D eigenvalue weighted by Crippen LogP contribution is 2.18. The van der Waals surface area contributed by atoms with E-state index in [4.69, 9.17) is 9.66 Å². The number of hydrogen-bond donors (Lipinski definition) is 2. The summed E-state index contributed by atoms with van der Waals surface area (Å²) < 4.78 is 32.5. The Bertz CT molecular complexity index is 381. The zero-order valence-electron chi connectivity index (χ0n) is 7.15. The average molecular weight is 218 g/mol. The number of aryl methyl sites for hydroxylation is 1. The van der Waals surface area contributed by atoms with Crippen LogP contribution in [-0.2, 0) is 11.1 Å². The number of carboxylic acid groups (broad SMARTS) is 1. The fraction of sp³-hybridized carbons (Fsp3) is 0.125. The highest BCUT2D eigenvalue weighted by atomic mass is 32.2. The molecule has 0 bridgehead atoms. The summed E-state index contributed by atoms with van der Waals surface area (Å²) in [6, 6.07) is 2.24. The standard InChI is InChI=1S/C8H7FO4S/c1-4-2-5(8(10)11)7(9)6(3-4)14(12)13/h2-3H,1H3,(H,10,11)(H,12,13). The van der Waals surface area contributed by atoms with Gasteiger partial charge in [-0.1, -0.05) is 0 Å². The summed E-state index contributed by atoms with van der Waals surface area (Å²) in [5.74, 6) is -2.62. The summed E-state index contributed by atoms with van der Waals surface area (Å²) in [5.41, 5.74) is -0.177. The molecular formula is C8H7FO4S. The van der Waals surface area contributed by atoms with Crippen LogP contribution in [0.15, 0.2) is 17.0 Å². The monoisotopic (exact) mass is 218 g/mol. The topological polar surface area (TPSA) is 74.6 Å². The van der Waals surface area contributed by atoms with Crippen molar-refractivity contribution in [2.24, 2.45) is 0 Å². The molecule has 1 rings (SSSR count). The van der Waals surface area contributed by atoms with Crippen molar-refractivity contribution in [3.05, 3.63) is 29.1 Å². The van der Waals surface area contributed by atoms with Gasteiger partial charge < -0.3 is 9.66 Å². The number of aromatic carboxylic acids is 1. The highest BCUT2D eigenvalue weighted by Gasteiger charge is 2.18. The summed E-state index contributed by atoms with van der Waals surface area (Å²) >= 11 is -2.52. The first-order valence-corrected chi connectivity index (χ1v) is 4.68. The fourth-order valence-electron chi connectivity index (χ4n) is 1.02. The Morgan fingerprint density at radius 1 is 1.50 bits per heavy atom. The van der Waals surface area contributed by atoms with Crippen LogP contribution in [0.5, 0.6) is 0 Å². The van der Waals surface area contributed by atoms with Crippen molar-refractivity contribution >= 4 is 17.0 Å². The molecule has 14 heavy (non-hydrogen) atoms. The van der Waals surface area contributed by atoms with Crippen LogP contribution < -0.4 is 0 Å². The Kier molecular flexibility index (Phi) is 2.97. The van der Waals surface area contributed by atoms with Crippen molar-refractivity contribution in [3.8, 4) is 0 Å². The van der Waals surface area contributed by atoms with Crippen LogP contribution in [0.4, 0.5) is 4.39 Å². The van der Waals surface area contributed by atoms with E-state index in [1.54, 1.807) is 0 Å². The zero-order valence-corrected chi connectivity index (χ0v) is 7.97. The van der Waals surface area contributed by atoms with Crippen LogP contribution in [0.25, 0.3) is 0 Å². The lowest BCUT2D eigenvalue weighted by Gasteiger charge is -2.03. The highest BCUT2D eigenvalue weighted by molar-refractivity contribution is 7.79. The molecule has 2 N–H and O–H groups in total. The van der Waals surface area contributed by atoms with Crippen molar-refractivity contribution in [1.29, 1.82) is 0 Å². The molecule has 0 aliphatic heterocycles. The van der Waals surface area contributed by atoms with Gasteiger partial charge in [-0.05, 0) is 24.6 Å². The van der Waals surface area contributed by atoms with E-state index in [2.05, 4.69) is 0 Å². The van der Waals surface area contributed by atoms with Gasteiger partial charge in [-0.15, -0.1) is 0 Å². The maximum absolute atomic E-state index is 13.2. The Morgan fingerprint density at radius 2 is 2.07 bits per heavy atom. The summed E-state index contributed by atoms with van der Waals surface area (Å²) in [4.78, 5) is 10.0. The Hall–Kier alpha value is -1.27. The fourth-order valence-corrected chi connectivity index (χ4v) is 1.57. The van der Waals surface area contributed by atoms with Gasteiger partial charge in [0.15, 0.2) is 16.9 Å². The molecule has 0 aliphatic rings. The Morgan fingerprint density at radius 3 is 2.50 bits per heavy atom. The lowest BCUT2D eigenvalue weighted by molar-refractivity contribution is 0.0691. The molecule has 1 aromatic carbocycles. The first-order valence-electron chi connectivity index (χ1n) is 3.57. The molecule has 0 amide bonds. The smallest absolute Gasteiger partial charge is 0.338 e. The third-order valence-corrected chi connectivity index (χ3v) is 2.28. The van der Waals surface area contributed by atoms with Gasteiger partial charge in [0.25, 0.3) is 0 Å². The largest absolute Gasteiger partial charge is 0.478 e. The van der Waals surface area contributed by atoms with E-state index in [9.17, 15) is 13.4 Å². The number of benzene rings is 1. The van der Waals surface area contributed by atoms with Crippen molar-refractivity contribution in [2.45, 2.75) is 11.8 Å².